The molecule has 0 aliphatic heterocycles. The minimum absolute atomic E-state index is 0. The van der Waals surface area contributed by atoms with E-state index >= 15 is 0 Å². The normalized spacial score (nSPS) is 11.9. The fourth-order valence-electron chi connectivity index (χ4n) is 4.53. The van der Waals surface area contributed by atoms with Gasteiger partial charge >= 0.3 is 73.8 Å². The zero-order chi connectivity index (χ0) is 36.6. The van der Waals surface area contributed by atoms with Crippen molar-refractivity contribution in [1.82, 2.24) is 0 Å². The molecule has 0 fully saturated rings. The second-order valence-corrected chi connectivity index (χ2v) is 13.6. The summed E-state index contributed by atoms with van der Waals surface area (Å²) in [4.78, 5) is 11.3. The fraction of sp³-hybridized carbons (Fsp3) is 0.286. The van der Waals surface area contributed by atoms with Crippen LogP contribution in [0.15, 0.2) is 72.3 Å². The van der Waals surface area contributed by atoms with Crippen LogP contribution in [-0.2, 0) is 75.4 Å². The zero-order valence-electron chi connectivity index (χ0n) is 26.4. The molecule has 0 bridgehead atoms. The summed E-state index contributed by atoms with van der Waals surface area (Å²) in [5.74, 6) is 10.4. The van der Waals surface area contributed by atoms with Gasteiger partial charge in [0.25, 0.3) is 8.32 Å². The van der Waals surface area contributed by atoms with Gasteiger partial charge in [0.15, 0.2) is 0 Å². The molecule has 3 rings (SSSR count). The predicted octanol–water partition coefficient (Wildman–Crippen LogP) is 3.21. The SMILES string of the molecule is COC(=O)C#C[C@H](O)[C@H]1CCC=C1C#CCO[Si](c1ccccc1)(c1ccccc1)C(C)(C)C.[C-]#[O+].[C-]#[O+].[C-]#[O+].[C-]#[O+].[C-]#[O+].[C-]#[O+].[Co].[Co]. The summed E-state index contributed by atoms with van der Waals surface area (Å²) in [5, 5.41) is 12.7. The van der Waals surface area contributed by atoms with Gasteiger partial charge in [0.1, 0.15) is 6.10 Å². The van der Waals surface area contributed by atoms with Gasteiger partial charge in [-0.2, -0.15) is 0 Å². The summed E-state index contributed by atoms with van der Waals surface area (Å²) in [6.45, 7) is 34.0. The number of methoxy groups -OCH3 is 1. The van der Waals surface area contributed by atoms with E-state index in [4.69, 9.17) is 32.3 Å². The van der Waals surface area contributed by atoms with Gasteiger partial charge in [0.05, 0.1) is 13.7 Å². The first-order valence-corrected chi connectivity index (χ1v) is 14.6. The van der Waals surface area contributed by atoms with E-state index in [2.05, 4.69) is 138 Å². The molecule has 0 heterocycles. The Morgan fingerprint density at radius 1 is 0.854 bits per heavy atom. The van der Waals surface area contributed by atoms with E-state index in [-0.39, 0.29) is 51.1 Å². The molecule has 13 heteroatoms. The van der Waals surface area contributed by atoms with Gasteiger partial charge in [-0.3, -0.25) is 0 Å². The second kappa shape index (κ2) is 36.2. The molecule has 254 valence electrons. The van der Waals surface area contributed by atoms with Crippen molar-refractivity contribution in [3.63, 3.8) is 0 Å². The van der Waals surface area contributed by atoms with Crippen LogP contribution in [0, 0.1) is 69.5 Å². The molecule has 2 aromatic carbocycles. The third-order valence-electron chi connectivity index (χ3n) is 6.14. The maximum absolute atomic E-state index is 11.3. The molecule has 0 aromatic heterocycles. The van der Waals surface area contributed by atoms with Gasteiger partial charge in [-0.25, -0.2) is 4.79 Å². The number of hydrogen-bond acceptors (Lipinski definition) is 4. The van der Waals surface area contributed by atoms with E-state index in [0.29, 0.717) is 0 Å². The molecular formula is C35H32Co2O10Si. The largest absolute Gasteiger partial charge is 0 e. The van der Waals surface area contributed by atoms with Crippen molar-refractivity contribution in [2.75, 3.05) is 13.7 Å². The van der Waals surface area contributed by atoms with Crippen molar-refractivity contribution in [2.45, 2.75) is 44.8 Å². The van der Waals surface area contributed by atoms with Crippen molar-refractivity contribution < 1.29 is 80.5 Å². The smallest absolute Gasteiger partial charge is 0 e. The van der Waals surface area contributed by atoms with Gasteiger partial charge in [-0.15, -0.1) is 0 Å². The second-order valence-electron chi connectivity index (χ2n) is 9.30. The van der Waals surface area contributed by atoms with Crippen molar-refractivity contribution >= 4 is 24.7 Å². The van der Waals surface area contributed by atoms with Crippen LogP contribution in [0.1, 0.15) is 33.6 Å². The van der Waals surface area contributed by atoms with E-state index in [1.165, 1.54) is 17.5 Å². The molecule has 2 radical (unpaired) electrons. The Labute approximate surface area is 304 Å². The summed E-state index contributed by atoms with van der Waals surface area (Å²) in [7, 11) is -1.37. The molecule has 48 heavy (non-hydrogen) atoms. The third kappa shape index (κ3) is 18.6. The van der Waals surface area contributed by atoms with Crippen LogP contribution in [0.25, 0.3) is 0 Å². The van der Waals surface area contributed by atoms with Crippen molar-refractivity contribution in [1.29, 1.82) is 0 Å². The Morgan fingerprint density at radius 3 is 1.65 bits per heavy atom. The van der Waals surface area contributed by atoms with Crippen LogP contribution in [0.2, 0.25) is 5.04 Å². The minimum Gasteiger partial charge on any atom is 0 e. The van der Waals surface area contributed by atoms with Gasteiger partial charge < -0.3 is 14.3 Å². The van der Waals surface area contributed by atoms with Gasteiger partial charge in [0, 0.05) is 51.0 Å². The fourth-order valence-corrected chi connectivity index (χ4v) is 8.97. The molecule has 10 nitrogen and oxygen atoms in total. The van der Waals surface area contributed by atoms with Crippen molar-refractivity contribution in [3.8, 4) is 23.7 Å². The number of carbonyl (C=O) groups is 1. The number of ether oxygens (including phenoxy) is 1. The predicted molar refractivity (Wildman–Crippen MR) is 162 cm³/mol. The van der Waals surface area contributed by atoms with Crippen LogP contribution in [-0.4, -0.2) is 39.2 Å². The molecule has 0 saturated carbocycles. The van der Waals surface area contributed by atoms with E-state index in [1.54, 1.807) is 0 Å². The number of aliphatic hydroxyl groups is 1. The Kier molecular flexibility index (Phi) is 42.7. The Balaban J connectivity index is -0.000000284. The minimum atomic E-state index is -2.64. The number of benzene rings is 2. The molecule has 0 unspecified atom stereocenters. The average Bonchev–Trinajstić information content (AvgIpc) is 3.61. The van der Waals surface area contributed by atoms with E-state index in [9.17, 15) is 9.90 Å². The number of rotatable bonds is 5. The molecule has 2 atom stereocenters. The summed E-state index contributed by atoms with van der Waals surface area (Å²) >= 11 is 0. The van der Waals surface area contributed by atoms with E-state index in [0.717, 1.165) is 18.4 Å². The van der Waals surface area contributed by atoms with Crippen LogP contribution < -0.4 is 10.4 Å². The summed E-state index contributed by atoms with van der Waals surface area (Å²) in [5.41, 5.74) is 0.845. The van der Waals surface area contributed by atoms with E-state index < -0.39 is 20.4 Å². The van der Waals surface area contributed by atoms with Crippen molar-refractivity contribution in [2.24, 2.45) is 5.92 Å². The molecule has 1 aliphatic rings. The Morgan fingerprint density at radius 2 is 1.27 bits per heavy atom. The van der Waals surface area contributed by atoms with Crippen LogP contribution in [0.5, 0.6) is 0 Å². The Bertz CT molecular complexity index is 1330. The molecule has 1 aliphatic carbocycles. The monoisotopic (exact) mass is 758 g/mol. The first-order valence-electron chi connectivity index (χ1n) is 12.7. The first kappa shape index (κ1) is 56.7. The average molecular weight is 759 g/mol. The maximum Gasteiger partial charge on any atom is 0 e. The maximum atomic E-state index is 11.3. The molecule has 0 saturated heterocycles. The number of allylic oxidation sites excluding steroid dienone is 1. The molecule has 0 spiro atoms. The molecular weight excluding hydrogens is 726 g/mol. The van der Waals surface area contributed by atoms with E-state index in [1.807, 2.05) is 18.2 Å². The summed E-state index contributed by atoms with van der Waals surface area (Å²) < 4.78 is 56.3. The van der Waals surface area contributed by atoms with Crippen LogP contribution in [0.4, 0.5) is 0 Å². The van der Waals surface area contributed by atoms with Crippen molar-refractivity contribution in [3.05, 3.63) is 112 Å². The van der Waals surface area contributed by atoms with Gasteiger partial charge in [0.2, 0.25) is 0 Å². The summed E-state index contributed by atoms with van der Waals surface area (Å²) in [6.07, 6.45) is 2.64. The van der Waals surface area contributed by atoms with Gasteiger partial charge in [-0.1, -0.05) is 105 Å². The molecule has 0 amide bonds. The number of aliphatic hydroxyl groups excluding tert-OH is 1. The molecule has 1 N–H and O–H groups in total. The number of carbonyl (C=O) groups excluding carboxylic acids is 1. The van der Waals surface area contributed by atoms with Crippen LogP contribution >= 0.6 is 0 Å². The van der Waals surface area contributed by atoms with Gasteiger partial charge in [-0.05, 0) is 28.3 Å². The quantitative estimate of drug-likeness (QED) is 0.123. The summed E-state index contributed by atoms with van der Waals surface area (Å²) in [6, 6.07) is 20.9. The third-order valence-corrected chi connectivity index (χ3v) is 11.1. The number of esters is 1. The standard InChI is InChI=1S/C29H32O4Si.6CO.2Co/c1-29(2,3)34(24-15-7-5-8-16-24,25-17-9-6-10-18-25)33-22-12-14-23-13-11-19-26(23)27(30)20-21-28(31)32-4;6*1-2;;/h5-10,13,15-18,26-27,30H,11,19,22H2,1-4H3;;;;;;;;/t26-,27-;;;;;;;;/m0......../s1. The number of hydrogen-bond donors (Lipinski definition) is 1. The Hall–Kier alpha value is -3.64. The van der Waals surface area contributed by atoms with Crippen LogP contribution in [0.3, 0.4) is 0 Å². The molecule has 2 aromatic rings. The zero-order valence-corrected chi connectivity index (χ0v) is 29.5. The topological polar surface area (TPSA) is 175 Å². The first-order chi connectivity index (χ1) is 22.3.